The summed E-state index contributed by atoms with van der Waals surface area (Å²) in [4.78, 5) is 17.2. The van der Waals surface area contributed by atoms with Crippen LogP contribution in [-0.4, -0.2) is 10.8 Å². The molecule has 0 radical (unpaired) electrons. The molecule has 1 aromatic heterocycles. The predicted molar refractivity (Wildman–Crippen MR) is 99.8 cm³/mol. The van der Waals surface area contributed by atoms with Crippen LogP contribution in [0.25, 0.3) is 5.57 Å². The van der Waals surface area contributed by atoms with Gasteiger partial charge in [-0.3, -0.25) is 9.78 Å². The second kappa shape index (κ2) is 7.08. The van der Waals surface area contributed by atoms with Gasteiger partial charge in [0.05, 0.1) is 5.69 Å². The molecule has 1 aliphatic rings. The summed E-state index contributed by atoms with van der Waals surface area (Å²) in [6.07, 6.45) is 4.49. The van der Waals surface area contributed by atoms with Crippen molar-refractivity contribution in [3.8, 4) is 0 Å². The maximum atomic E-state index is 12.8. The zero-order chi connectivity index (χ0) is 17.3. The molecule has 0 saturated heterocycles. The molecule has 0 bridgehead atoms. The van der Waals surface area contributed by atoms with Crippen molar-refractivity contribution in [3.05, 3.63) is 69.5 Å². The Morgan fingerprint density at radius 3 is 2.92 bits per heavy atom. The highest BCUT2D eigenvalue weighted by Crippen LogP contribution is 2.37. The number of Topliss-reactive ketones (excluding diaryl/α,β-unsaturated/α-hetero) is 1. The minimum atomic E-state index is -0.0921. The number of carbonyl (C=O) groups is 1. The Bertz CT molecular complexity index is 790. The van der Waals surface area contributed by atoms with Gasteiger partial charge < -0.3 is 0 Å². The summed E-state index contributed by atoms with van der Waals surface area (Å²) in [5, 5.41) is 1.25. The van der Waals surface area contributed by atoms with Gasteiger partial charge in [0.1, 0.15) is 5.78 Å². The van der Waals surface area contributed by atoms with Crippen molar-refractivity contribution < 1.29 is 4.79 Å². The maximum Gasteiger partial charge on any atom is 0.140 e. The molecular formula is C20H19Cl2NO. The molecule has 1 atom stereocenters. The number of hydrogen-bond acceptors (Lipinski definition) is 2. The van der Waals surface area contributed by atoms with Crippen LogP contribution in [0.4, 0.5) is 0 Å². The summed E-state index contributed by atoms with van der Waals surface area (Å²) >= 11 is 12.3. The zero-order valence-corrected chi connectivity index (χ0v) is 15.1. The Morgan fingerprint density at radius 2 is 2.17 bits per heavy atom. The topological polar surface area (TPSA) is 30.0 Å². The summed E-state index contributed by atoms with van der Waals surface area (Å²) in [5.41, 5.74) is 4.95. The van der Waals surface area contributed by atoms with E-state index in [1.165, 1.54) is 0 Å². The fourth-order valence-corrected chi connectivity index (χ4v) is 4.08. The Kier molecular flexibility index (Phi) is 5.07. The minimum absolute atomic E-state index is 0.0921. The number of halogens is 2. The molecule has 3 rings (SSSR count). The molecule has 1 aromatic carbocycles. The predicted octanol–water partition coefficient (Wildman–Crippen LogP) is 5.79. The molecule has 0 saturated carbocycles. The largest absolute Gasteiger partial charge is 0.299 e. The Morgan fingerprint density at radius 1 is 1.38 bits per heavy atom. The SMILES string of the molecule is C=C1CCC(C(=O)CCc2c(C)cc(Cl)cc2Cl)c2cccnc21. The molecule has 124 valence electrons. The number of nitrogens with zero attached hydrogens (tertiary/aromatic N) is 1. The molecule has 4 heteroatoms. The van der Waals surface area contributed by atoms with Gasteiger partial charge in [0.15, 0.2) is 0 Å². The van der Waals surface area contributed by atoms with E-state index in [-0.39, 0.29) is 11.7 Å². The van der Waals surface area contributed by atoms with Gasteiger partial charge in [0, 0.05) is 28.6 Å². The van der Waals surface area contributed by atoms with Crippen molar-refractivity contribution in [3.63, 3.8) is 0 Å². The molecule has 0 spiro atoms. The number of fused-ring (bicyclic) bond motifs is 1. The third kappa shape index (κ3) is 3.40. The van der Waals surface area contributed by atoms with Gasteiger partial charge in [-0.1, -0.05) is 35.8 Å². The van der Waals surface area contributed by atoms with Crippen LogP contribution in [0, 0.1) is 6.92 Å². The molecule has 0 N–H and O–H groups in total. The summed E-state index contributed by atoms with van der Waals surface area (Å²) in [7, 11) is 0. The van der Waals surface area contributed by atoms with E-state index in [4.69, 9.17) is 23.2 Å². The fourth-order valence-electron chi connectivity index (χ4n) is 3.39. The molecule has 24 heavy (non-hydrogen) atoms. The van der Waals surface area contributed by atoms with Crippen LogP contribution in [0.5, 0.6) is 0 Å². The molecule has 0 amide bonds. The highest BCUT2D eigenvalue weighted by molar-refractivity contribution is 6.35. The van der Waals surface area contributed by atoms with E-state index in [0.29, 0.717) is 22.9 Å². The lowest BCUT2D eigenvalue weighted by Gasteiger charge is -2.25. The molecule has 1 aliphatic carbocycles. The molecule has 0 aliphatic heterocycles. The van der Waals surface area contributed by atoms with Crippen LogP contribution < -0.4 is 0 Å². The van der Waals surface area contributed by atoms with Gasteiger partial charge in [-0.25, -0.2) is 0 Å². The Balaban J connectivity index is 1.77. The van der Waals surface area contributed by atoms with Crippen molar-refractivity contribution in [1.82, 2.24) is 4.98 Å². The Labute approximate surface area is 152 Å². The van der Waals surface area contributed by atoms with Crippen LogP contribution in [0.2, 0.25) is 10.0 Å². The number of ketones is 1. The van der Waals surface area contributed by atoms with Gasteiger partial charge in [-0.05, 0) is 66.6 Å². The third-order valence-corrected chi connectivity index (χ3v) is 5.23. The average molecular weight is 360 g/mol. The van der Waals surface area contributed by atoms with Crippen LogP contribution in [0.15, 0.2) is 37.0 Å². The van der Waals surface area contributed by atoms with Crippen LogP contribution in [0.3, 0.4) is 0 Å². The fraction of sp³-hybridized carbons (Fsp3) is 0.300. The lowest BCUT2D eigenvalue weighted by atomic mass is 9.79. The smallest absolute Gasteiger partial charge is 0.140 e. The number of aromatic nitrogens is 1. The van der Waals surface area contributed by atoms with Crippen LogP contribution >= 0.6 is 23.2 Å². The van der Waals surface area contributed by atoms with Crippen molar-refractivity contribution in [1.29, 1.82) is 0 Å². The zero-order valence-electron chi connectivity index (χ0n) is 13.6. The quantitative estimate of drug-likeness (QED) is 0.691. The van der Waals surface area contributed by atoms with E-state index in [1.54, 1.807) is 12.3 Å². The summed E-state index contributed by atoms with van der Waals surface area (Å²) in [5.74, 6) is 0.146. The van der Waals surface area contributed by atoms with Crippen LogP contribution in [0.1, 0.15) is 47.6 Å². The monoisotopic (exact) mass is 359 g/mol. The second-order valence-corrected chi connectivity index (χ2v) is 7.13. The lowest BCUT2D eigenvalue weighted by molar-refractivity contribution is -0.120. The molecule has 0 fully saturated rings. The number of hydrogen-bond donors (Lipinski definition) is 0. The minimum Gasteiger partial charge on any atom is -0.299 e. The number of allylic oxidation sites excluding steroid dienone is 1. The van der Waals surface area contributed by atoms with E-state index < -0.39 is 0 Å². The number of rotatable bonds is 4. The standard InChI is InChI=1S/C20H19Cl2NO/c1-12-5-6-16(17-4-3-9-23-20(12)17)19(24)8-7-15-13(2)10-14(21)11-18(15)22/h3-4,9-11,16H,1,5-8H2,2H3. The molecule has 1 heterocycles. The first kappa shape index (κ1) is 17.2. The molecule has 1 unspecified atom stereocenters. The number of aryl methyl sites for hydroxylation is 1. The van der Waals surface area contributed by atoms with Crippen LogP contribution in [-0.2, 0) is 11.2 Å². The molecule has 2 nitrogen and oxygen atoms in total. The van der Waals surface area contributed by atoms with E-state index in [2.05, 4.69) is 11.6 Å². The molecule has 2 aromatic rings. The van der Waals surface area contributed by atoms with E-state index in [0.717, 1.165) is 40.8 Å². The second-order valence-electron chi connectivity index (χ2n) is 6.29. The van der Waals surface area contributed by atoms with Crippen molar-refractivity contribution in [2.45, 2.75) is 38.5 Å². The highest BCUT2D eigenvalue weighted by atomic mass is 35.5. The summed E-state index contributed by atoms with van der Waals surface area (Å²) in [6.45, 7) is 6.04. The third-order valence-electron chi connectivity index (χ3n) is 4.68. The van der Waals surface area contributed by atoms with Gasteiger partial charge in [0.25, 0.3) is 0 Å². The Hall–Kier alpha value is -1.64. The normalized spacial score (nSPS) is 16.8. The average Bonchev–Trinajstić information content (AvgIpc) is 2.54. The molecular weight excluding hydrogens is 341 g/mol. The number of benzene rings is 1. The highest BCUT2D eigenvalue weighted by Gasteiger charge is 2.28. The van der Waals surface area contributed by atoms with Gasteiger partial charge in [-0.15, -0.1) is 0 Å². The van der Waals surface area contributed by atoms with E-state index >= 15 is 0 Å². The van der Waals surface area contributed by atoms with E-state index in [1.807, 2.05) is 25.1 Å². The lowest BCUT2D eigenvalue weighted by Crippen LogP contribution is -2.19. The van der Waals surface area contributed by atoms with Crippen molar-refractivity contribution >= 4 is 34.6 Å². The summed E-state index contributed by atoms with van der Waals surface area (Å²) < 4.78 is 0. The van der Waals surface area contributed by atoms with Crippen molar-refractivity contribution in [2.75, 3.05) is 0 Å². The number of pyridine rings is 1. The van der Waals surface area contributed by atoms with Gasteiger partial charge in [0.2, 0.25) is 0 Å². The van der Waals surface area contributed by atoms with Crippen molar-refractivity contribution in [2.24, 2.45) is 0 Å². The first-order valence-corrected chi connectivity index (χ1v) is 8.83. The summed E-state index contributed by atoms with van der Waals surface area (Å²) in [6, 6.07) is 7.50. The van der Waals surface area contributed by atoms with Gasteiger partial charge in [-0.2, -0.15) is 0 Å². The van der Waals surface area contributed by atoms with E-state index in [9.17, 15) is 4.79 Å². The van der Waals surface area contributed by atoms with Gasteiger partial charge >= 0.3 is 0 Å². The number of carbonyl (C=O) groups excluding carboxylic acids is 1. The first-order valence-electron chi connectivity index (χ1n) is 8.07. The maximum absolute atomic E-state index is 12.8. The first-order chi connectivity index (χ1) is 11.5.